The summed E-state index contributed by atoms with van der Waals surface area (Å²) in [4.78, 5) is 14.7. The Morgan fingerprint density at radius 2 is 2.26 bits per heavy atom. The molecule has 0 aliphatic carbocycles. The van der Waals surface area contributed by atoms with Crippen molar-refractivity contribution in [2.45, 2.75) is 31.8 Å². The molecule has 1 unspecified atom stereocenters. The summed E-state index contributed by atoms with van der Waals surface area (Å²) in [6.45, 7) is 2.47. The van der Waals surface area contributed by atoms with Crippen LogP contribution in [0.25, 0.3) is 10.9 Å². The van der Waals surface area contributed by atoms with E-state index in [-0.39, 0.29) is 23.4 Å². The van der Waals surface area contributed by atoms with Crippen LogP contribution in [0.1, 0.15) is 36.8 Å². The molecule has 1 aliphatic rings. The number of hydrogen-bond donors (Lipinski definition) is 1. The highest BCUT2D eigenvalue weighted by molar-refractivity contribution is 5.98. The molecule has 1 fully saturated rings. The van der Waals surface area contributed by atoms with Crippen LogP contribution in [0.4, 0.5) is 11.4 Å². The maximum atomic E-state index is 11.1. The van der Waals surface area contributed by atoms with Crippen molar-refractivity contribution >= 4 is 22.3 Å². The van der Waals surface area contributed by atoms with Gasteiger partial charge in [-0.3, -0.25) is 10.1 Å². The number of pyridine rings is 1. The van der Waals surface area contributed by atoms with E-state index in [1.807, 2.05) is 6.92 Å². The molecule has 1 aromatic carbocycles. The third-order valence-corrected chi connectivity index (χ3v) is 4.32. The fraction of sp³-hybridized carbons (Fsp3) is 0.375. The number of nitriles is 1. The van der Waals surface area contributed by atoms with Gasteiger partial charge in [-0.25, -0.2) is 4.98 Å². The lowest BCUT2D eigenvalue weighted by Crippen LogP contribution is -2.23. The summed E-state index contributed by atoms with van der Waals surface area (Å²) in [7, 11) is 0. The summed E-state index contributed by atoms with van der Waals surface area (Å²) < 4.78 is 5.71. The van der Waals surface area contributed by atoms with Gasteiger partial charge in [0.2, 0.25) is 0 Å². The Kier molecular flexibility index (Phi) is 3.84. The molecule has 0 bridgehead atoms. The second-order valence-corrected chi connectivity index (χ2v) is 5.77. The van der Waals surface area contributed by atoms with E-state index < -0.39 is 4.92 Å². The molecule has 7 heteroatoms. The van der Waals surface area contributed by atoms with Crippen molar-refractivity contribution in [3.63, 3.8) is 0 Å². The molecule has 7 nitrogen and oxygen atoms in total. The van der Waals surface area contributed by atoms with Gasteiger partial charge in [-0.05, 0) is 37.5 Å². The first-order valence-corrected chi connectivity index (χ1v) is 7.40. The number of nitro groups is 1. The summed E-state index contributed by atoms with van der Waals surface area (Å²) in [6.07, 6.45) is 3.05. The molecule has 2 atom stereocenters. The molecule has 0 amide bonds. The minimum Gasteiger partial charge on any atom is -0.393 e. The van der Waals surface area contributed by atoms with Gasteiger partial charge < -0.3 is 10.5 Å². The molecule has 2 aromatic rings. The first-order valence-electron chi connectivity index (χ1n) is 7.40. The number of ether oxygens (including phenoxy) is 1. The molecule has 0 radical (unpaired) electrons. The standard InChI is InChI=1S/C16H16N4O3/c1-9-2-3-11(8-23-9)14-10(6-17)4-5-12-15(14)16(18)13(7-19-12)20(21)22/h4-5,7,9,11H,2-3,8H2,1H3,(H2,18,19)/t9-,11?/m1/s1. The zero-order valence-electron chi connectivity index (χ0n) is 12.7. The van der Waals surface area contributed by atoms with Crippen molar-refractivity contribution < 1.29 is 9.66 Å². The van der Waals surface area contributed by atoms with Gasteiger partial charge in [-0.1, -0.05) is 0 Å². The zero-order valence-corrected chi connectivity index (χ0v) is 12.7. The van der Waals surface area contributed by atoms with Crippen LogP contribution in [0.15, 0.2) is 18.3 Å². The van der Waals surface area contributed by atoms with Gasteiger partial charge in [-0.2, -0.15) is 5.26 Å². The average molecular weight is 312 g/mol. The van der Waals surface area contributed by atoms with E-state index >= 15 is 0 Å². The molecular formula is C16H16N4O3. The van der Waals surface area contributed by atoms with Crippen LogP contribution in [0.5, 0.6) is 0 Å². The number of fused-ring (bicyclic) bond motifs is 1. The molecule has 0 saturated carbocycles. The Morgan fingerprint density at radius 3 is 2.87 bits per heavy atom. The number of benzene rings is 1. The van der Waals surface area contributed by atoms with E-state index in [0.29, 0.717) is 28.6 Å². The predicted octanol–water partition coefficient (Wildman–Crippen LogP) is 2.88. The number of nitrogens with zero attached hydrogens (tertiary/aromatic N) is 3. The fourth-order valence-electron chi connectivity index (χ4n) is 3.10. The Bertz CT molecular complexity index is 820. The molecule has 1 aliphatic heterocycles. The van der Waals surface area contributed by atoms with Crippen LogP contribution in [0.3, 0.4) is 0 Å². The summed E-state index contributed by atoms with van der Waals surface area (Å²) in [5.74, 6) is -0.0179. The van der Waals surface area contributed by atoms with Crippen LogP contribution >= 0.6 is 0 Å². The second-order valence-electron chi connectivity index (χ2n) is 5.77. The predicted molar refractivity (Wildman–Crippen MR) is 84.9 cm³/mol. The lowest BCUT2D eigenvalue weighted by Gasteiger charge is -2.28. The molecule has 1 saturated heterocycles. The van der Waals surface area contributed by atoms with E-state index in [1.54, 1.807) is 12.1 Å². The van der Waals surface area contributed by atoms with Gasteiger partial charge in [0.15, 0.2) is 0 Å². The highest BCUT2D eigenvalue weighted by Crippen LogP contribution is 2.39. The molecule has 3 rings (SSSR count). The molecular weight excluding hydrogens is 296 g/mol. The summed E-state index contributed by atoms with van der Waals surface area (Å²) in [5, 5.41) is 21.1. The number of nitrogens with two attached hydrogens (primary N) is 1. The fourth-order valence-corrected chi connectivity index (χ4v) is 3.10. The third-order valence-electron chi connectivity index (χ3n) is 4.32. The van der Waals surface area contributed by atoms with Gasteiger partial charge in [0.1, 0.15) is 11.9 Å². The highest BCUT2D eigenvalue weighted by atomic mass is 16.6. The maximum absolute atomic E-state index is 11.1. The first-order chi connectivity index (χ1) is 11.0. The summed E-state index contributed by atoms with van der Waals surface area (Å²) in [6, 6.07) is 5.52. The summed E-state index contributed by atoms with van der Waals surface area (Å²) in [5.41, 5.74) is 7.61. The van der Waals surface area contributed by atoms with Crippen molar-refractivity contribution in [1.29, 1.82) is 5.26 Å². The van der Waals surface area contributed by atoms with Crippen molar-refractivity contribution in [3.8, 4) is 6.07 Å². The number of aromatic nitrogens is 1. The molecule has 23 heavy (non-hydrogen) atoms. The minimum absolute atomic E-state index is 0.0179. The molecule has 2 heterocycles. The lowest BCUT2D eigenvalue weighted by atomic mass is 9.85. The zero-order chi connectivity index (χ0) is 16.6. The largest absolute Gasteiger partial charge is 0.393 e. The normalized spacial score (nSPS) is 21.0. The Balaban J connectivity index is 2.26. The molecule has 0 spiro atoms. The van der Waals surface area contributed by atoms with Crippen LogP contribution in [0.2, 0.25) is 0 Å². The molecule has 1 aromatic heterocycles. The van der Waals surface area contributed by atoms with Gasteiger partial charge in [0.05, 0.1) is 34.8 Å². The Labute approximate surface area is 132 Å². The number of hydrogen-bond acceptors (Lipinski definition) is 6. The van der Waals surface area contributed by atoms with Crippen LogP contribution in [-0.2, 0) is 4.74 Å². The van der Waals surface area contributed by atoms with E-state index in [2.05, 4.69) is 11.1 Å². The number of rotatable bonds is 2. The Hall–Kier alpha value is -2.72. The topological polar surface area (TPSA) is 115 Å². The van der Waals surface area contributed by atoms with Gasteiger partial charge in [0.25, 0.3) is 0 Å². The van der Waals surface area contributed by atoms with Crippen LogP contribution in [0, 0.1) is 21.4 Å². The van der Waals surface area contributed by atoms with Gasteiger partial charge in [0, 0.05) is 11.3 Å². The van der Waals surface area contributed by atoms with Gasteiger partial charge in [-0.15, -0.1) is 0 Å². The molecule has 118 valence electrons. The van der Waals surface area contributed by atoms with Gasteiger partial charge >= 0.3 is 5.69 Å². The third kappa shape index (κ3) is 2.58. The van der Waals surface area contributed by atoms with Crippen molar-refractivity contribution in [2.75, 3.05) is 12.3 Å². The van der Waals surface area contributed by atoms with Crippen molar-refractivity contribution in [1.82, 2.24) is 4.98 Å². The number of anilines is 1. The monoisotopic (exact) mass is 312 g/mol. The average Bonchev–Trinajstić information content (AvgIpc) is 2.54. The summed E-state index contributed by atoms with van der Waals surface area (Å²) >= 11 is 0. The smallest absolute Gasteiger partial charge is 0.310 e. The lowest BCUT2D eigenvalue weighted by molar-refractivity contribution is -0.384. The number of nitrogen functional groups attached to an aromatic ring is 1. The quantitative estimate of drug-likeness (QED) is 0.673. The van der Waals surface area contributed by atoms with E-state index in [4.69, 9.17) is 10.5 Å². The van der Waals surface area contributed by atoms with Crippen LogP contribution in [-0.4, -0.2) is 22.6 Å². The SMILES string of the molecule is C[C@@H]1CCC(c2c(C#N)ccc3ncc([N+](=O)[O-])c(N)c23)CO1. The minimum atomic E-state index is -0.552. The van der Waals surface area contributed by atoms with E-state index in [9.17, 15) is 15.4 Å². The maximum Gasteiger partial charge on any atom is 0.310 e. The van der Waals surface area contributed by atoms with Crippen molar-refractivity contribution in [3.05, 3.63) is 39.6 Å². The first kappa shape index (κ1) is 15.2. The van der Waals surface area contributed by atoms with E-state index in [0.717, 1.165) is 19.0 Å². The second kappa shape index (κ2) is 5.82. The molecule has 2 N–H and O–H groups in total. The van der Waals surface area contributed by atoms with E-state index in [1.165, 1.54) is 0 Å². The van der Waals surface area contributed by atoms with Crippen LogP contribution < -0.4 is 5.73 Å². The Morgan fingerprint density at radius 1 is 1.48 bits per heavy atom. The van der Waals surface area contributed by atoms with Crippen molar-refractivity contribution in [2.24, 2.45) is 0 Å². The highest BCUT2D eigenvalue weighted by Gasteiger charge is 2.27.